The number of aryl methyl sites for hydroxylation is 1. The fourth-order valence-electron chi connectivity index (χ4n) is 5.33. The van der Waals surface area contributed by atoms with Crippen molar-refractivity contribution in [2.75, 3.05) is 11.9 Å². The number of hydrogen-bond donors (Lipinski definition) is 0. The van der Waals surface area contributed by atoms with Gasteiger partial charge in [-0.1, -0.05) is 44.2 Å². The molecule has 3 aromatic carbocycles. The van der Waals surface area contributed by atoms with Crippen LogP contribution in [-0.2, 0) is 12.5 Å². The fourth-order valence-corrected chi connectivity index (χ4v) is 5.33. The molecule has 6 rings (SSSR count). The van der Waals surface area contributed by atoms with Gasteiger partial charge in [0.1, 0.15) is 7.05 Å². The van der Waals surface area contributed by atoms with E-state index in [9.17, 15) is 0 Å². The Kier molecular flexibility index (Phi) is 2.35. The van der Waals surface area contributed by atoms with Crippen LogP contribution in [0.3, 0.4) is 0 Å². The zero-order valence-corrected chi connectivity index (χ0v) is 15.6. The molecule has 0 spiro atoms. The van der Waals surface area contributed by atoms with Crippen molar-refractivity contribution in [2.45, 2.75) is 19.3 Å². The van der Waals surface area contributed by atoms with Gasteiger partial charge in [-0.2, -0.15) is 4.57 Å². The van der Waals surface area contributed by atoms with Crippen molar-refractivity contribution in [1.82, 2.24) is 0 Å². The maximum absolute atomic E-state index is 2.37. The smallest absolute Gasteiger partial charge is 0.215 e. The van der Waals surface area contributed by atoms with Crippen LogP contribution in [0.25, 0.3) is 32.9 Å². The Morgan fingerprint density at radius 1 is 0.731 bits per heavy atom. The zero-order chi connectivity index (χ0) is 17.8. The Morgan fingerprint density at radius 2 is 1.35 bits per heavy atom. The van der Waals surface area contributed by atoms with Gasteiger partial charge in [0, 0.05) is 41.4 Å². The summed E-state index contributed by atoms with van der Waals surface area (Å²) in [5, 5.41) is 2.81. The summed E-state index contributed by atoms with van der Waals surface area (Å²) in [6, 6.07) is 20.3. The van der Waals surface area contributed by atoms with Crippen LogP contribution in [0.4, 0.5) is 11.4 Å². The Bertz CT molecular complexity index is 1280. The molecule has 1 aromatic heterocycles. The summed E-state index contributed by atoms with van der Waals surface area (Å²) >= 11 is 0. The Hall–Kier alpha value is -2.87. The van der Waals surface area contributed by atoms with E-state index in [2.05, 4.69) is 92.0 Å². The summed E-state index contributed by atoms with van der Waals surface area (Å²) in [5.74, 6) is 0. The van der Waals surface area contributed by atoms with Crippen LogP contribution < -0.4 is 9.47 Å². The summed E-state index contributed by atoms with van der Waals surface area (Å²) in [7, 11) is 4.40. The molecule has 2 heterocycles. The van der Waals surface area contributed by atoms with Gasteiger partial charge in [-0.05, 0) is 23.3 Å². The Balaban J connectivity index is 2.05. The minimum absolute atomic E-state index is 0.00828. The van der Waals surface area contributed by atoms with Gasteiger partial charge in [0.15, 0.2) is 0 Å². The zero-order valence-electron chi connectivity index (χ0n) is 15.6. The minimum Gasteiger partial charge on any atom is -0.343 e. The largest absolute Gasteiger partial charge is 0.343 e. The van der Waals surface area contributed by atoms with Crippen LogP contribution in [0, 0.1) is 0 Å². The van der Waals surface area contributed by atoms with E-state index in [1.54, 1.807) is 0 Å². The molecule has 126 valence electrons. The van der Waals surface area contributed by atoms with Crippen LogP contribution in [0.1, 0.15) is 25.0 Å². The molecule has 4 aromatic rings. The summed E-state index contributed by atoms with van der Waals surface area (Å²) in [6.45, 7) is 4.73. The molecule has 0 radical (unpaired) electrons. The molecule has 0 amide bonds. The second-order valence-corrected chi connectivity index (χ2v) is 8.19. The van der Waals surface area contributed by atoms with Gasteiger partial charge in [0.25, 0.3) is 0 Å². The SMILES string of the molecule is CN1c2cccc3c2-c2c4c1cccc4[n+](C)c1cccc(c21)C3(C)C. The highest BCUT2D eigenvalue weighted by molar-refractivity contribution is 6.20. The average Bonchev–Trinajstić information content (AvgIpc) is 2.66. The van der Waals surface area contributed by atoms with Crippen molar-refractivity contribution in [3.8, 4) is 11.1 Å². The quantitative estimate of drug-likeness (QED) is 0.316. The number of rotatable bonds is 0. The van der Waals surface area contributed by atoms with E-state index in [0.717, 1.165) is 0 Å². The van der Waals surface area contributed by atoms with Gasteiger partial charge in [-0.3, -0.25) is 0 Å². The first-order valence-corrected chi connectivity index (χ1v) is 9.27. The first kappa shape index (κ1) is 14.3. The molecule has 0 atom stereocenters. The molecule has 0 saturated heterocycles. The van der Waals surface area contributed by atoms with E-state index in [-0.39, 0.29) is 5.41 Å². The van der Waals surface area contributed by atoms with Crippen LogP contribution in [-0.4, -0.2) is 7.05 Å². The van der Waals surface area contributed by atoms with Crippen molar-refractivity contribution in [1.29, 1.82) is 0 Å². The third-order valence-corrected chi connectivity index (χ3v) is 6.65. The molecule has 2 aliphatic rings. The number of anilines is 2. The lowest BCUT2D eigenvalue weighted by Gasteiger charge is -2.40. The predicted molar refractivity (Wildman–Crippen MR) is 108 cm³/mol. The van der Waals surface area contributed by atoms with Crippen LogP contribution in [0.5, 0.6) is 0 Å². The standard InChI is InChI=1S/C24H21N2/c1-24(2)14-8-5-10-16-20(14)23-21-15(24)9-6-11-17(21)26(4)19-13-7-12-18(22(19)23)25(16)3/h5-13H,1-4H3/q+1. The van der Waals surface area contributed by atoms with Gasteiger partial charge in [-0.25, -0.2) is 0 Å². The van der Waals surface area contributed by atoms with Crippen molar-refractivity contribution in [2.24, 2.45) is 7.05 Å². The lowest BCUT2D eigenvalue weighted by atomic mass is 9.67. The maximum atomic E-state index is 2.37. The number of benzene rings is 3. The van der Waals surface area contributed by atoms with E-state index in [0.29, 0.717) is 0 Å². The Labute approximate surface area is 153 Å². The summed E-state index contributed by atoms with van der Waals surface area (Å²) in [6.07, 6.45) is 0. The van der Waals surface area contributed by atoms with E-state index < -0.39 is 0 Å². The molecule has 2 heteroatoms. The molecule has 0 bridgehead atoms. The monoisotopic (exact) mass is 337 g/mol. The van der Waals surface area contributed by atoms with Gasteiger partial charge in [0.05, 0.1) is 16.5 Å². The predicted octanol–water partition coefficient (Wildman–Crippen LogP) is 5.21. The highest BCUT2D eigenvalue weighted by atomic mass is 15.1. The lowest BCUT2D eigenvalue weighted by Crippen LogP contribution is -2.35. The highest BCUT2D eigenvalue weighted by Gasteiger charge is 2.40. The molecule has 2 nitrogen and oxygen atoms in total. The second kappa shape index (κ2) is 4.27. The molecule has 0 unspecified atom stereocenters. The first-order chi connectivity index (χ1) is 12.5. The summed E-state index contributed by atoms with van der Waals surface area (Å²) < 4.78 is 2.37. The third kappa shape index (κ3) is 1.37. The van der Waals surface area contributed by atoms with Crippen LogP contribution in [0.15, 0.2) is 54.6 Å². The van der Waals surface area contributed by atoms with E-state index in [1.807, 2.05) is 0 Å². The third-order valence-electron chi connectivity index (χ3n) is 6.65. The van der Waals surface area contributed by atoms with E-state index in [1.165, 1.54) is 55.4 Å². The molecule has 1 aliphatic carbocycles. The van der Waals surface area contributed by atoms with Crippen molar-refractivity contribution < 1.29 is 4.57 Å². The number of nitrogens with zero attached hydrogens (tertiary/aromatic N) is 2. The fraction of sp³-hybridized carbons (Fsp3) is 0.208. The van der Waals surface area contributed by atoms with Crippen molar-refractivity contribution in [3.63, 3.8) is 0 Å². The van der Waals surface area contributed by atoms with Crippen molar-refractivity contribution in [3.05, 3.63) is 65.7 Å². The minimum atomic E-state index is -0.00828. The molecule has 0 fully saturated rings. The van der Waals surface area contributed by atoms with Gasteiger partial charge >= 0.3 is 0 Å². The first-order valence-electron chi connectivity index (χ1n) is 9.27. The normalized spacial score (nSPS) is 15.9. The lowest BCUT2D eigenvalue weighted by molar-refractivity contribution is -0.617. The van der Waals surface area contributed by atoms with Crippen LogP contribution in [0.2, 0.25) is 0 Å². The molecule has 26 heavy (non-hydrogen) atoms. The van der Waals surface area contributed by atoms with E-state index in [4.69, 9.17) is 0 Å². The van der Waals surface area contributed by atoms with Crippen LogP contribution >= 0.6 is 0 Å². The summed E-state index contributed by atoms with van der Waals surface area (Å²) in [4.78, 5) is 2.37. The molecular formula is C24H21N2+. The highest BCUT2D eigenvalue weighted by Crippen LogP contribution is 2.57. The topological polar surface area (TPSA) is 7.12 Å². The number of hydrogen-bond acceptors (Lipinski definition) is 1. The summed E-state index contributed by atoms with van der Waals surface area (Å²) in [5.41, 5.74) is 11.0. The number of aromatic nitrogens is 1. The molecule has 0 N–H and O–H groups in total. The molecular weight excluding hydrogens is 316 g/mol. The van der Waals surface area contributed by atoms with Gasteiger partial charge < -0.3 is 4.90 Å². The number of pyridine rings is 1. The van der Waals surface area contributed by atoms with Gasteiger partial charge in [-0.15, -0.1) is 0 Å². The second-order valence-electron chi connectivity index (χ2n) is 8.19. The molecule has 0 saturated carbocycles. The maximum Gasteiger partial charge on any atom is 0.215 e. The van der Waals surface area contributed by atoms with E-state index >= 15 is 0 Å². The van der Waals surface area contributed by atoms with Gasteiger partial charge in [0.2, 0.25) is 11.0 Å². The average molecular weight is 337 g/mol. The Morgan fingerprint density at radius 3 is 2.15 bits per heavy atom. The van der Waals surface area contributed by atoms with Crippen molar-refractivity contribution >= 4 is 33.2 Å². The molecule has 1 aliphatic heterocycles.